The van der Waals surface area contributed by atoms with Gasteiger partial charge in [0.15, 0.2) is 0 Å². The molecular formula is C12H23NO2. The van der Waals surface area contributed by atoms with E-state index in [1.807, 2.05) is 0 Å². The first-order valence-electron chi connectivity index (χ1n) is 6.27. The summed E-state index contributed by atoms with van der Waals surface area (Å²) < 4.78 is 5.32. The van der Waals surface area contributed by atoms with E-state index in [0.717, 1.165) is 25.8 Å². The van der Waals surface area contributed by atoms with Gasteiger partial charge in [0.25, 0.3) is 0 Å². The molecule has 0 aromatic rings. The fraction of sp³-hybridized carbons (Fsp3) is 0.917. The van der Waals surface area contributed by atoms with Gasteiger partial charge in [-0.15, -0.1) is 0 Å². The molecule has 0 unspecified atom stereocenters. The molecule has 1 amide bonds. The Labute approximate surface area is 92.6 Å². The van der Waals surface area contributed by atoms with Crippen LogP contribution in [0.3, 0.4) is 0 Å². The van der Waals surface area contributed by atoms with Gasteiger partial charge in [-0.05, 0) is 32.1 Å². The van der Waals surface area contributed by atoms with Gasteiger partial charge in [-0.3, -0.25) is 0 Å². The summed E-state index contributed by atoms with van der Waals surface area (Å²) in [6, 6.07) is 0. The van der Waals surface area contributed by atoms with Gasteiger partial charge in [0.05, 0.1) is 0 Å². The van der Waals surface area contributed by atoms with Crippen LogP contribution in [-0.4, -0.2) is 18.7 Å². The molecule has 3 heteroatoms. The Hall–Kier alpha value is -0.730. The molecule has 1 saturated carbocycles. The van der Waals surface area contributed by atoms with Crippen molar-refractivity contribution < 1.29 is 9.53 Å². The Morgan fingerprint density at radius 1 is 1.27 bits per heavy atom. The summed E-state index contributed by atoms with van der Waals surface area (Å²) in [5.41, 5.74) is 0. The SMILES string of the molecule is CCCCCNC(=O)OC1CCCCC1. The normalized spacial score (nSPS) is 17.4. The molecule has 1 fully saturated rings. The third-order valence-corrected chi connectivity index (χ3v) is 2.88. The third kappa shape index (κ3) is 5.65. The van der Waals surface area contributed by atoms with E-state index in [-0.39, 0.29) is 12.2 Å². The van der Waals surface area contributed by atoms with Crippen molar-refractivity contribution in [2.24, 2.45) is 0 Å². The molecule has 0 atom stereocenters. The van der Waals surface area contributed by atoms with E-state index in [4.69, 9.17) is 4.74 Å². The van der Waals surface area contributed by atoms with Gasteiger partial charge >= 0.3 is 6.09 Å². The summed E-state index contributed by atoms with van der Waals surface area (Å²) in [5.74, 6) is 0. The van der Waals surface area contributed by atoms with Gasteiger partial charge in [0.2, 0.25) is 0 Å². The van der Waals surface area contributed by atoms with Crippen LogP contribution in [0.5, 0.6) is 0 Å². The number of hydrogen-bond donors (Lipinski definition) is 1. The molecule has 1 aliphatic rings. The lowest BCUT2D eigenvalue weighted by Crippen LogP contribution is -2.30. The van der Waals surface area contributed by atoms with Crippen LogP contribution < -0.4 is 5.32 Å². The average Bonchev–Trinajstić information content (AvgIpc) is 2.26. The van der Waals surface area contributed by atoms with E-state index < -0.39 is 0 Å². The highest BCUT2D eigenvalue weighted by Crippen LogP contribution is 2.20. The highest BCUT2D eigenvalue weighted by Gasteiger charge is 2.16. The van der Waals surface area contributed by atoms with E-state index in [0.29, 0.717) is 0 Å². The quantitative estimate of drug-likeness (QED) is 0.712. The molecule has 0 aliphatic heterocycles. The second-order valence-corrected chi connectivity index (χ2v) is 4.30. The zero-order chi connectivity index (χ0) is 10.9. The molecule has 0 saturated heterocycles. The predicted molar refractivity (Wildman–Crippen MR) is 60.9 cm³/mol. The van der Waals surface area contributed by atoms with Crippen LogP contribution in [0.4, 0.5) is 4.79 Å². The van der Waals surface area contributed by atoms with Gasteiger partial charge in [0, 0.05) is 6.54 Å². The van der Waals surface area contributed by atoms with Crippen LogP contribution in [0.25, 0.3) is 0 Å². The number of carbonyl (C=O) groups excluding carboxylic acids is 1. The minimum atomic E-state index is -0.224. The molecule has 1 N–H and O–H groups in total. The van der Waals surface area contributed by atoms with Crippen LogP contribution in [-0.2, 0) is 4.74 Å². The molecule has 3 nitrogen and oxygen atoms in total. The summed E-state index contributed by atoms with van der Waals surface area (Å²) in [6.07, 6.45) is 9.13. The van der Waals surface area contributed by atoms with Crippen LogP contribution in [0.15, 0.2) is 0 Å². The monoisotopic (exact) mass is 213 g/mol. The van der Waals surface area contributed by atoms with Crippen LogP contribution >= 0.6 is 0 Å². The first-order chi connectivity index (χ1) is 7.33. The second-order valence-electron chi connectivity index (χ2n) is 4.30. The highest BCUT2D eigenvalue weighted by atomic mass is 16.6. The third-order valence-electron chi connectivity index (χ3n) is 2.88. The molecule has 0 spiro atoms. The molecule has 0 bridgehead atoms. The molecule has 1 rings (SSSR count). The zero-order valence-electron chi connectivity index (χ0n) is 9.76. The van der Waals surface area contributed by atoms with Crippen molar-refractivity contribution in [3.8, 4) is 0 Å². The molecule has 88 valence electrons. The van der Waals surface area contributed by atoms with Gasteiger partial charge in [-0.2, -0.15) is 0 Å². The number of alkyl carbamates (subject to hydrolysis) is 1. The minimum Gasteiger partial charge on any atom is -0.446 e. The molecule has 0 aromatic carbocycles. The van der Waals surface area contributed by atoms with E-state index >= 15 is 0 Å². The summed E-state index contributed by atoms with van der Waals surface area (Å²) in [5, 5.41) is 2.80. The highest BCUT2D eigenvalue weighted by molar-refractivity contribution is 5.67. The largest absolute Gasteiger partial charge is 0.446 e. The Kier molecular flexibility index (Phi) is 6.21. The number of ether oxygens (including phenoxy) is 1. The van der Waals surface area contributed by atoms with Gasteiger partial charge < -0.3 is 10.1 Å². The standard InChI is InChI=1S/C12H23NO2/c1-2-3-7-10-13-12(14)15-11-8-5-4-6-9-11/h11H,2-10H2,1H3,(H,13,14). The van der Waals surface area contributed by atoms with E-state index in [9.17, 15) is 4.79 Å². The molecule has 0 radical (unpaired) electrons. The topological polar surface area (TPSA) is 38.3 Å². The van der Waals surface area contributed by atoms with Crippen molar-refractivity contribution in [2.45, 2.75) is 64.4 Å². The lowest BCUT2D eigenvalue weighted by molar-refractivity contribution is 0.0753. The van der Waals surface area contributed by atoms with Crippen LogP contribution in [0.1, 0.15) is 58.3 Å². The van der Waals surface area contributed by atoms with Gasteiger partial charge in [0.1, 0.15) is 6.10 Å². The average molecular weight is 213 g/mol. The first kappa shape index (κ1) is 12.3. The number of amides is 1. The summed E-state index contributed by atoms with van der Waals surface area (Å²) in [4.78, 5) is 11.3. The number of carbonyl (C=O) groups is 1. The van der Waals surface area contributed by atoms with Gasteiger partial charge in [-0.1, -0.05) is 26.2 Å². The summed E-state index contributed by atoms with van der Waals surface area (Å²) >= 11 is 0. The van der Waals surface area contributed by atoms with Crippen molar-refractivity contribution >= 4 is 6.09 Å². The Bertz CT molecular complexity index is 176. The molecule has 1 aliphatic carbocycles. The van der Waals surface area contributed by atoms with E-state index in [2.05, 4.69) is 12.2 Å². The van der Waals surface area contributed by atoms with Crippen molar-refractivity contribution in [2.75, 3.05) is 6.54 Å². The van der Waals surface area contributed by atoms with Crippen LogP contribution in [0.2, 0.25) is 0 Å². The van der Waals surface area contributed by atoms with E-state index in [1.165, 1.54) is 32.1 Å². The van der Waals surface area contributed by atoms with E-state index in [1.54, 1.807) is 0 Å². The molecule has 0 heterocycles. The maximum Gasteiger partial charge on any atom is 0.407 e. The molecule has 15 heavy (non-hydrogen) atoms. The molecule has 0 aromatic heterocycles. The molecular weight excluding hydrogens is 190 g/mol. The fourth-order valence-corrected chi connectivity index (χ4v) is 1.94. The number of unbranched alkanes of at least 4 members (excludes halogenated alkanes) is 2. The number of rotatable bonds is 5. The maximum absolute atomic E-state index is 11.3. The number of hydrogen-bond acceptors (Lipinski definition) is 2. The van der Waals surface area contributed by atoms with Crippen molar-refractivity contribution in [3.63, 3.8) is 0 Å². The summed E-state index contributed by atoms with van der Waals surface area (Å²) in [7, 11) is 0. The minimum absolute atomic E-state index is 0.171. The zero-order valence-corrected chi connectivity index (χ0v) is 9.76. The first-order valence-corrected chi connectivity index (χ1v) is 6.27. The van der Waals surface area contributed by atoms with Gasteiger partial charge in [-0.25, -0.2) is 4.79 Å². The Morgan fingerprint density at radius 3 is 2.67 bits per heavy atom. The predicted octanol–water partition coefficient (Wildman–Crippen LogP) is 3.24. The lowest BCUT2D eigenvalue weighted by Gasteiger charge is -2.21. The van der Waals surface area contributed by atoms with Crippen molar-refractivity contribution in [1.82, 2.24) is 5.32 Å². The van der Waals surface area contributed by atoms with Crippen molar-refractivity contribution in [1.29, 1.82) is 0 Å². The smallest absolute Gasteiger partial charge is 0.407 e. The fourth-order valence-electron chi connectivity index (χ4n) is 1.94. The maximum atomic E-state index is 11.3. The number of nitrogens with one attached hydrogen (secondary N) is 1. The van der Waals surface area contributed by atoms with Crippen LogP contribution in [0, 0.1) is 0 Å². The Morgan fingerprint density at radius 2 is 2.00 bits per heavy atom. The summed E-state index contributed by atoms with van der Waals surface area (Å²) in [6.45, 7) is 2.90. The Balaban J connectivity index is 2.01. The van der Waals surface area contributed by atoms with Crippen molar-refractivity contribution in [3.05, 3.63) is 0 Å². The second kappa shape index (κ2) is 7.55. The lowest BCUT2D eigenvalue weighted by atomic mass is 9.98.